The fraction of sp³-hybridized carbons (Fsp3) is 0.389. The van der Waals surface area contributed by atoms with Crippen LogP contribution in [0.15, 0.2) is 30.3 Å². The lowest BCUT2D eigenvalue weighted by Crippen LogP contribution is -2.33. The number of carboxylic acid groups (broad SMARTS) is 1. The Morgan fingerprint density at radius 2 is 1.88 bits per heavy atom. The lowest BCUT2D eigenvalue weighted by atomic mass is 9.99. The SMILES string of the molecule is Cc1nc(Nc2ccc(C(=O)O)cc2)cc(N2CCC(C)CC2)n1. The number of piperidine rings is 1. The Morgan fingerprint density at radius 3 is 2.50 bits per heavy atom. The summed E-state index contributed by atoms with van der Waals surface area (Å²) >= 11 is 0. The van der Waals surface area contributed by atoms with E-state index in [4.69, 9.17) is 5.11 Å². The van der Waals surface area contributed by atoms with Gasteiger partial charge in [0.05, 0.1) is 5.56 Å². The summed E-state index contributed by atoms with van der Waals surface area (Å²) in [4.78, 5) is 22.2. The van der Waals surface area contributed by atoms with Crippen LogP contribution in [0.3, 0.4) is 0 Å². The van der Waals surface area contributed by atoms with E-state index in [0.717, 1.165) is 42.2 Å². The number of hydrogen-bond acceptors (Lipinski definition) is 5. The molecule has 0 amide bonds. The number of benzene rings is 1. The summed E-state index contributed by atoms with van der Waals surface area (Å²) in [5.74, 6) is 2.23. The molecular formula is C18H22N4O2. The number of nitrogens with one attached hydrogen (secondary N) is 1. The largest absolute Gasteiger partial charge is 0.478 e. The molecule has 2 aromatic rings. The molecule has 3 rings (SSSR count). The molecule has 6 nitrogen and oxygen atoms in total. The average molecular weight is 326 g/mol. The third kappa shape index (κ3) is 3.82. The maximum atomic E-state index is 10.9. The van der Waals surface area contributed by atoms with Gasteiger partial charge in [-0.05, 0) is 49.9 Å². The molecule has 126 valence electrons. The molecule has 0 radical (unpaired) electrons. The second-order valence-electron chi connectivity index (χ2n) is 6.34. The van der Waals surface area contributed by atoms with Gasteiger partial charge in [-0.1, -0.05) is 6.92 Å². The van der Waals surface area contributed by atoms with Crippen molar-refractivity contribution in [1.29, 1.82) is 0 Å². The first-order chi connectivity index (χ1) is 11.5. The molecule has 1 aromatic carbocycles. The predicted molar refractivity (Wildman–Crippen MR) is 94.1 cm³/mol. The number of carboxylic acids is 1. The number of aromatic nitrogens is 2. The number of hydrogen-bond donors (Lipinski definition) is 2. The predicted octanol–water partition coefficient (Wildman–Crippen LogP) is 3.46. The number of aryl methyl sites for hydroxylation is 1. The van der Waals surface area contributed by atoms with E-state index in [1.54, 1.807) is 24.3 Å². The molecule has 1 saturated heterocycles. The molecular weight excluding hydrogens is 304 g/mol. The minimum absolute atomic E-state index is 0.266. The summed E-state index contributed by atoms with van der Waals surface area (Å²) in [6.45, 7) is 6.21. The summed E-state index contributed by atoms with van der Waals surface area (Å²) in [6.07, 6.45) is 2.37. The minimum atomic E-state index is -0.930. The van der Waals surface area contributed by atoms with Crippen molar-refractivity contribution in [2.75, 3.05) is 23.3 Å². The van der Waals surface area contributed by atoms with Crippen LogP contribution in [0.2, 0.25) is 0 Å². The van der Waals surface area contributed by atoms with Crippen LogP contribution in [0.25, 0.3) is 0 Å². The maximum absolute atomic E-state index is 10.9. The van der Waals surface area contributed by atoms with E-state index >= 15 is 0 Å². The zero-order chi connectivity index (χ0) is 17.1. The van der Waals surface area contributed by atoms with Crippen LogP contribution in [0.1, 0.15) is 35.9 Å². The molecule has 2 heterocycles. The first-order valence-electron chi connectivity index (χ1n) is 8.22. The second-order valence-corrected chi connectivity index (χ2v) is 6.34. The molecule has 0 aliphatic carbocycles. The Hall–Kier alpha value is -2.63. The highest BCUT2D eigenvalue weighted by atomic mass is 16.4. The lowest BCUT2D eigenvalue weighted by molar-refractivity contribution is 0.0697. The molecule has 0 saturated carbocycles. The minimum Gasteiger partial charge on any atom is -0.478 e. The first kappa shape index (κ1) is 16.2. The van der Waals surface area contributed by atoms with Crippen molar-refractivity contribution >= 4 is 23.3 Å². The van der Waals surface area contributed by atoms with Gasteiger partial charge < -0.3 is 15.3 Å². The van der Waals surface area contributed by atoms with Crippen molar-refractivity contribution in [3.05, 3.63) is 41.7 Å². The number of rotatable bonds is 4. The van der Waals surface area contributed by atoms with Crippen molar-refractivity contribution in [3.8, 4) is 0 Å². The van der Waals surface area contributed by atoms with E-state index in [1.807, 2.05) is 13.0 Å². The van der Waals surface area contributed by atoms with E-state index < -0.39 is 5.97 Å². The Labute approximate surface area is 141 Å². The zero-order valence-corrected chi connectivity index (χ0v) is 14.0. The second kappa shape index (κ2) is 6.86. The van der Waals surface area contributed by atoms with Gasteiger partial charge in [-0.3, -0.25) is 0 Å². The molecule has 2 N–H and O–H groups in total. The highest BCUT2D eigenvalue weighted by molar-refractivity contribution is 5.88. The molecule has 24 heavy (non-hydrogen) atoms. The highest BCUT2D eigenvalue weighted by Gasteiger charge is 2.18. The quantitative estimate of drug-likeness (QED) is 0.896. The van der Waals surface area contributed by atoms with E-state index in [1.165, 1.54) is 12.8 Å². The van der Waals surface area contributed by atoms with E-state index in [2.05, 4.69) is 27.1 Å². The van der Waals surface area contributed by atoms with Gasteiger partial charge >= 0.3 is 5.97 Å². The number of carbonyl (C=O) groups is 1. The Kier molecular flexibility index (Phi) is 4.64. The topological polar surface area (TPSA) is 78.3 Å². The van der Waals surface area contributed by atoms with Gasteiger partial charge in [-0.2, -0.15) is 0 Å². The smallest absolute Gasteiger partial charge is 0.335 e. The molecule has 0 atom stereocenters. The number of anilines is 3. The Bertz CT molecular complexity index is 722. The van der Waals surface area contributed by atoms with Gasteiger partial charge in [-0.15, -0.1) is 0 Å². The normalized spacial score (nSPS) is 15.3. The fourth-order valence-corrected chi connectivity index (χ4v) is 2.86. The van der Waals surface area contributed by atoms with Gasteiger partial charge in [0.2, 0.25) is 0 Å². The van der Waals surface area contributed by atoms with Crippen molar-refractivity contribution in [2.45, 2.75) is 26.7 Å². The van der Waals surface area contributed by atoms with Crippen LogP contribution >= 0.6 is 0 Å². The van der Waals surface area contributed by atoms with Crippen molar-refractivity contribution in [2.24, 2.45) is 5.92 Å². The summed E-state index contributed by atoms with van der Waals surface area (Å²) < 4.78 is 0. The van der Waals surface area contributed by atoms with Crippen molar-refractivity contribution in [1.82, 2.24) is 9.97 Å². The summed E-state index contributed by atoms with van der Waals surface area (Å²) in [7, 11) is 0. The molecule has 1 fully saturated rings. The Morgan fingerprint density at radius 1 is 1.21 bits per heavy atom. The molecule has 0 spiro atoms. The van der Waals surface area contributed by atoms with Gasteiger partial charge in [-0.25, -0.2) is 14.8 Å². The first-order valence-corrected chi connectivity index (χ1v) is 8.22. The van der Waals surface area contributed by atoms with E-state index in [9.17, 15) is 4.79 Å². The average Bonchev–Trinajstić information content (AvgIpc) is 2.55. The summed E-state index contributed by atoms with van der Waals surface area (Å²) in [5, 5.41) is 12.2. The number of nitrogens with zero attached hydrogens (tertiary/aromatic N) is 3. The molecule has 0 unspecified atom stereocenters. The monoisotopic (exact) mass is 326 g/mol. The zero-order valence-electron chi connectivity index (χ0n) is 14.0. The lowest BCUT2D eigenvalue weighted by Gasteiger charge is -2.31. The van der Waals surface area contributed by atoms with Crippen LogP contribution in [-0.4, -0.2) is 34.1 Å². The van der Waals surface area contributed by atoms with Crippen LogP contribution in [0.4, 0.5) is 17.3 Å². The van der Waals surface area contributed by atoms with Crippen molar-refractivity contribution in [3.63, 3.8) is 0 Å². The van der Waals surface area contributed by atoms with Crippen LogP contribution in [-0.2, 0) is 0 Å². The highest BCUT2D eigenvalue weighted by Crippen LogP contribution is 2.24. The standard InChI is InChI=1S/C18H22N4O2/c1-12-7-9-22(10-8-12)17-11-16(19-13(2)20-17)21-15-5-3-14(4-6-15)18(23)24/h3-6,11-12H,7-10H2,1-2H3,(H,23,24)(H,19,20,21). The van der Waals surface area contributed by atoms with Gasteiger partial charge in [0.1, 0.15) is 17.5 Å². The molecule has 1 aromatic heterocycles. The van der Waals surface area contributed by atoms with E-state index in [0.29, 0.717) is 0 Å². The van der Waals surface area contributed by atoms with E-state index in [-0.39, 0.29) is 5.56 Å². The summed E-state index contributed by atoms with van der Waals surface area (Å²) in [5.41, 5.74) is 1.07. The summed E-state index contributed by atoms with van der Waals surface area (Å²) in [6, 6.07) is 8.58. The van der Waals surface area contributed by atoms with Crippen LogP contribution < -0.4 is 10.2 Å². The Balaban J connectivity index is 1.77. The fourth-order valence-electron chi connectivity index (χ4n) is 2.86. The third-order valence-electron chi connectivity index (χ3n) is 4.34. The molecule has 1 aliphatic rings. The van der Waals surface area contributed by atoms with Gasteiger partial charge in [0, 0.05) is 24.8 Å². The van der Waals surface area contributed by atoms with Crippen molar-refractivity contribution < 1.29 is 9.90 Å². The maximum Gasteiger partial charge on any atom is 0.335 e. The number of aromatic carboxylic acids is 1. The third-order valence-corrected chi connectivity index (χ3v) is 4.34. The van der Waals surface area contributed by atoms with Gasteiger partial charge in [0.15, 0.2) is 0 Å². The molecule has 6 heteroatoms. The van der Waals surface area contributed by atoms with Crippen LogP contribution in [0, 0.1) is 12.8 Å². The van der Waals surface area contributed by atoms with Gasteiger partial charge in [0.25, 0.3) is 0 Å². The molecule has 1 aliphatic heterocycles. The molecule has 0 bridgehead atoms. The van der Waals surface area contributed by atoms with Crippen LogP contribution in [0.5, 0.6) is 0 Å².